The second kappa shape index (κ2) is 12.5. The van der Waals surface area contributed by atoms with Crippen molar-refractivity contribution in [3.63, 3.8) is 0 Å². The molecule has 1 saturated heterocycles. The van der Waals surface area contributed by atoms with Crippen LogP contribution in [0.25, 0.3) is 5.65 Å². The molecule has 15 heteroatoms. The lowest BCUT2D eigenvalue weighted by Crippen LogP contribution is -2.52. The van der Waals surface area contributed by atoms with Crippen molar-refractivity contribution in [2.75, 3.05) is 39.0 Å². The van der Waals surface area contributed by atoms with Crippen molar-refractivity contribution in [1.82, 2.24) is 24.9 Å². The van der Waals surface area contributed by atoms with Crippen LogP contribution >= 0.6 is 0 Å². The van der Waals surface area contributed by atoms with Crippen LogP contribution in [0.4, 0.5) is 36.4 Å². The van der Waals surface area contributed by atoms with Crippen LogP contribution in [-0.4, -0.2) is 78.7 Å². The zero-order valence-corrected chi connectivity index (χ0v) is 22.4. The van der Waals surface area contributed by atoms with Crippen LogP contribution in [0, 0.1) is 11.8 Å². The summed E-state index contributed by atoms with van der Waals surface area (Å²) in [5.74, 6) is 4.07. The number of anilines is 1. The van der Waals surface area contributed by atoms with E-state index < -0.39 is 42.5 Å². The zero-order valence-electron chi connectivity index (χ0n) is 22.4. The number of aromatic nitrogens is 2. The number of carbonyl (C=O) groups excluding carboxylic acids is 1. The van der Waals surface area contributed by atoms with E-state index in [1.165, 1.54) is 48.1 Å². The molecule has 3 aromatic rings. The Kier molecular flexibility index (Phi) is 9.17. The van der Waals surface area contributed by atoms with E-state index in [0.29, 0.717) is 6.54 Å². The quantitative estimate of drug-likeness (QED) is 0.278. The fourth-order valence-corrected chi connectivity index (χ4v) is 4.58. The monoisotopic (exact) mass is 600 g/mol. The number of nitrogens with one attached hydrogen (secondary N) is 3. The van der Waals surface area contributed by atoms with Crippen LogP contribution in [0.1, 0.15) is 34.1 Å². The van der Waals surface area contributed by atoms with Crippen molar-refractivity contribution in [1.29, 1.82) is 0 Å². The summed E-state index contributed by atoms with van der Waals surface area (Å²) in [6, 6.07) is 2.94. The van der Waals surface area contributed by atoms with Gasteiger partial charge in [0.2, 0.25) is 0 Å². The number of likely N-dealkylation sites (tertiary alicyclic amines) is 1. The molecule has 2 aromatic heterocycles. The second-order valence-corrected chi connectivity index (χ2v) is 9.63. The number of hydrogen-bond donors (Lipinski definition) is 3. The maximum Gasteiger partial charge on any atom is 0.573 e. The van der Waals surface area contributed by atoms with Crippen molar-refractivity contribution in [2.45, 2.75) is 37.2 Å². The lowest BCUT2D eigenvalue weighted by molar-refractivity contribution is -0.274. The molecule has 3 heterocycles. The lowest BCUT2D eigenvalue weighted by Gasteiger charge is -2.35. The van der Waals surface area contributed by atoms with Gasteiger partial charge in [-0.2, -0.15) is 13.2 Å². The molecule has 0 saturated carbocycles. The molecule has 1 aliphatic rings. The predicted octanol–water partition coefficient (Wildman–Crippen LogP) is 4.29. The van der Waals surface area contributed by atoms with Gasteiger partial charge in [-0.3, -0.25) is 10.1 Å². The zero-order chi connectivity index (χ0) is 30.7. The summed E-state index contributed by atoms with van der Waals surface area (Å²) in [6.45, 7) is 0.284. The van der Waals surface area contributed by atoms with Crippen LogP contribution in [0.3, 0.4) is 0 Å². The number of piperidine rings is 1. The first-order valence-corrected chi connectivity index (χ1v) is 12.7. The number of benzene rings is 1. The molecule has 1 fully saturated rings. The average molecular weight is 601 g/mol. The Bertz CT molecular complexity index is 1480. The number of nitrogens with zero attached hydrogens (tertiary/aromatic N) is 3. The molecule has 3 atom stereocenters. The highest BCUT2D eigenvalue weighted by molar-refractivity contribution is 5.95. The van der Waals surface area contributed by atoms with Crippen molar-refractivity contribution in [3.05, 3.63) is 59.5 Å². The fraction of sp³-hybridized carbons (Fsp3) is 0.407. The van der Waals surface area contributed by atoms with Crippen LogP contribution in [0.15, 0.2) is 42.7 Å². The van der Waals surface area contributed by atoms with E-state index in [1.807, 2.05) is 0 Å². The van der Waals surface area contributed by atoms with Crippen molar-refractivity contribution < 1.29 is 40.3 Å². The van der Waals surface area contributed by atoms with Crippen LogP contribution < -0.4 is 20.7 Å². The number of rotatable bonds is 7. The van der Waals surface area contributed by atoms with Crippen molar-refractivity contribution in [3.8, 4) is 17.6 Å². The summed E-state index contributed by atoms with van der Waals surface area (Å²) < 4.78 is 101. The maximum atomic E-state index is 14.6. The minimum atomic E-state index is -5.01. The molecule has 42 heavy (non-hydrogen) atoms. The molecule has 0 aliphatic carbocycles. The molecular formula is C27H27F7N6O2. The SMILES string of the molecule is CNC(=O)c1ccc(NCC#Cc2cn3cccc(C(N[C@@H]4CCN(C)C[C@@H]4F)C(F)(F)F)c3n2)c(OC(F)(F)F)c1. The highest BCUT2D eigenvalue weighted by Gasteiger charge is 2.45. The molecule has 1 amide bonds. The molecule has 8 nitrogen and oxygen atoms in total. The Morgan fingerprint density at radius 1 is 1.21 bits per heavy atom. The standard InChI is InChI=1S/C27H27F7N6O2/c1-35-25(41)16-7-8-21(22(13-16)42-27(32,33)34)36-10-3-5-17-14-40-11-4-6-18(24(40)37-17)23(26(29,30)31)38-20-9-12-39(2)15-19(20)28/h4,6-8,11,13-14,19-20,23,36,38H,9-10,12,15H2,1-2H3,(H,35,41)/t19-,20+,23?/m0/s1. The number of fused-ring (bicyclic) bond motifs is 1. The Morgan fingerprint density at radius 2 is 1.98 bits per heavy atom. The third-order valence-electron chi connectivity index (χ3n) is 6.56. The van der Waals surface area contributed by atoms with Gasteiger partial charge in [-0.15, -0.1) is 13.2 Å². The Labute approximate surface area is 236 Å². The molecule has 1 aliphatic heterocycles. The Morgan fingerprint density at radius 3 is 2.64 bits per heavy atom. The van der Waals surface area contributed by atoms with Gasteiger partial charge in [0.15, 0.2) is 5.75 Å². The van der Waals surface area contributed by atoms with Gasteiger partial charge in [0.1, 0.15) is 23.6 Å². The van der Waals surface area contributed by atoms with E-state index in [2.05, 4.69) is 37.5 Å². The molecule has 0 bridgehead atoms. The molecule has 3 N–H and O–H groups in total. The third-order valence-corrected chi connectivity index (χ3v) is 6.56. The number of halogens is 7. The highest BCUT2D eigenvalue weighted by atomic mass is 19.4. The van der Waals surface area contributed by atoms with Crippen LogP contribution in [0.5, 0.6) is 5.75 Å². The fourth-order valence-electron chi connectivity index (χ4n) is 4.58. The highest BCUT2D eigenvalue weighted by Crippen LogP contribution is 2.36. The summed E-state index contributed by atoms with van der Waals surface area (Å²) in [4.78, 5) is 17.7. The maximum absolute atomic E-state index is 14.6. The van der Waals surface area contributed by atoms with E-state index in [4.69, 9.17) is 0 Å². The predicted molar refractivity (Wildman–Crippen MR) is 140 cm³/mol. The van der Waals surface area contributed by atoms with Gasteiger partial charge in [-0.1, -0.05) is 12.0 Å². The largest absolute Gasteiger partial charge is 0.573 e. The normalized spacial score (nSPS) is 18.7. The van der Waals surface area contributed by atoms with Gasteiger partial charge in [-0.05, 0) is 50.2 Å². The summed E-state index contributed by atoms with van der Waals surface area (Å²) in [6.07, 6.45) is -8.14. The topological polar surface area (TPSA) is 82.9 Å². The van der Waals surface area contributed by atoms with Crippen molar-refractivity contribution in [2.24, 2.45) is 0 Å². The first-order chi connectivity index (χ1) is 19.7. The van der Waals surface area contributed by atoms with Gasteiger partial charge in [0.05, 0.1) is 12.2 Å². The number of amides is 1. The lowest BCUT2D eigenvalue weighted by atomic mass is 10.00. The number of ether oxygens (including phenoxy) is 1. The average Bonchev–Trinajstić information content (AvgIpc) is 3.32. The molecule has 1 aromatic carbocycles. The smallest absolute Gasteiger partial charge is 0.404 e. The first kappa shape index (κ1) is 30.9. The molecule has 226 valence electrons. The minimum absolute atomic E-state index is 0.0195. The van der Waals surface area contributed by atoms with E-state index in [1.54, 1.807) is 11.9 Å². The molecule has 0 spiro atoms. The molecule has 1 unspecified atom stereocenters. The van der Waals surface area contributed by atoms with Gasteiger partial charge >= 0.3 is 12.5 Å². The second-order valence-electron chi connectivity index (χ2n) is 9.63. The van der Waals surface area contributed by atoms with Gasteiger partial charge in [0, 0.05) is 43.2 Å². The number of alkyl halides is 7. The van der Waals surface area contributed by atoms with Gasteiger partial charge in [-0.25, -0.2) is 9.37 Å². The molecular weight excluding hydrogens is 573 g/mol. The van der Waals surface area contributed by atoms with Crippen molar-refractivity contribution >= 4 is 17.2 Å². The molecule has 4 rings (SSSR count). The minimum Gasteiger partial charge on any atom is -0.404 e. The number of pyridine rings is 1. The summed E-state index contributed by atoms with van der Waals surface area (Å²) >= 11 is 0. The Balaban J connectivity index is 1.54. The van der Waals surface area contributed by atoms with Gasteiger partial charge in [0.25, 0.3) is 5.91 Å². The number of carbonyl (C=O) groups is 1. The van der Waals surface area contributed by atoms with E-state index in [9.17, 15) is 35.5 Å². The van der Waals surface area contributed by atoms with E-state index in [0.717, 1.165) is 6.07 Å². The third kappa shape index (κ3) is 7.62. The van der Waals surface area contributed by atoms with E-state index >= 15 is 0 Å². The molecule has 0 radical (unpaired) electrons. The van der Waals surface area contributed by atoms with Gasteiger partial charge < -0.3 is 24.7 Å². The summed E-state index contributed by atoms with van der Waals surface area (Å²) in [5, 5.41) is 7.41. The number of imidazole rings is 1. The summed E-state index contributed by atoms with van der Waals surface area (Å²) in [7, 11) is 3.02. The van der Waals surface area contributed by atoms with E-state index in [-0.39, 0.29) is 47.7 Å². The summed E-state index contributed by atoms with van der Waals surface area (Å²) in [5.41, 5.74) is -0.273. The Hall–Kier alpha value is -4.03. The number of hydrogen-bond acceptors (Lipinski definition) is 6. The van der Waals surface area contributed by atoms with Crippen LogP contribution in [-0.2, 0) is 0 Å². The first-order valence-electron chi connectivity index (χ1n) is 12.7. The van der Waals surface area contributed by atoms with Crippen LogP contribution in [0.2, 0.25) is 0 Å².